The lowest BCUT2D eigenvalue weighted by atomic mass is 9.82. The van der Waals surface area contributed by atoms with Gasteiger partial charge in [-0.2, -0.15) is 0 Å². The fourth-order valence-corrected chi connectivity index (χ4v) is 5.90. The monoisotopic (exact) mass is 616 g/mol. The Bertz CT molecular complexity index is 1350. The van der Waals surface area contributed by atoms with Gasteiger partial charge in [0.2, 0.25) is 6.29 Å². The minimum Gasteiger partial charge on any atom is -0.478 e. The van der Waals surface area contributed by atoms with Crippen molar-refractivity contribution in [1.82, 2.24) is 0 Å². The van der Waals surface area contributed by atoms with Crippen LogP contribution in [-0.2, 0) is 28.5 Å². The van der Waals surface area contributed by atoms with Crippen molar-refractivity contribution in [2.24, 2.45) is 17.8 Å². The Morgan fingerprint density at radius 1 is 0.727 bits per heavy atom. The van der Waals surface area contributed by atoms with E-state index < -0.39 is 98.1 Å². The van der Waals surface area contributed by atoms with Crippen molar-refractivity contribution in [3.63, 3.8) is 0 Å². The molecule has 5 rings (SSSR count). The van der Waals surface area contributed by atoms with Gasteiger partial charge in [0.1, 0.15) is 36.6 Å². The molecular weight excluding hydrogens is 584 g/mol. The summed E-state index contributed by atoms with van der Waals surface area (Å²) < 4.78 is 28.5. The Hall–Kier alpha value is -3.89. The minimum absolute atomic E-state index is 0.131. The fraction of sp³-hybridized carbons (Fsp3) is 0.433. The number of hydrogen-bond donors (Lipinski definition) is 6. The topological polar surface area (TPSA) is 219 Å². The molecule has 14 nitrogen and oxygen atoms in total. The highest BCUT2D eigenvalue weighted by molar-refractivity contribution is 5.91. The molecule has 0 spiro atoms. The van der Waals surface area contributed by atoms with E-state index in [1.54, 1.807) is 36.4 Å². The van der Waals surface area contributed by atoms with Crippen LogP contribution >= 0.6 is 0 Å². The second-order valence-corrected chi connectivity index (χ2v) is 10.6. The van der Waals surface area contributed by atoms with Gasteiger partial charge in [0.05, 0.1) is 36.2 Å². The van der Waals surface area contributed by atoms with E-state index in [9.17, 15) is 45.0 Å². The van der Waals surface area contributed by atoms with Crippen LogP contribution in [0.4, 0.5) is 0 Å². The summed E-state index contributed by atoms with van der Waals surface area (Å²) in [7, 11) is 0. The number of fused-ring (bicyclic) bond motifs is 1. The van der Waals surface area contributed by atoms with E-state index in [1.165, 1.54) is 24.3 Å². The zero-order chi connectivity index (χ0) is 31.5. The molecular formula is C30H32O14. The number of hydrogen-bond acceptors (Lipinski definition) is 13. The van der Waals surface area contributed by atoms with Crippen LogP contribution in [-0.4, -0.2) is 111 Å². The van der Waals surface area contributed by atoms with Crippen LogP contribution in [0.3, 0.4) is 0 Å². The van der Waals surface area contributed by atoms with Crippen molar-refractivity contribution in [3.8, 4) is 0 Å². The summed E-state index contributed by atoms with van der Waals surface area (Å²) in [5.41, 5.74) is -0.0931. The first-order chi connectivity index (χ1) is 21.2. The Morgan fingerprint density at radius 2 is 1.30 bits per heavy atom. The van der Waals surface area contributed by atoms with Crippen molar-refractivity contribution in [2.75, 3.05) is 13.2 Å². The molecule has 2 heterocycles. The first-order valence-electron chi connectivity index (χ1n) is 13.8. The molecule has 3 aliphatic rings. The summed E-state index contributed by atoms with van der Waals surface area (Å²) in [6, 6.07) is 15.7. The normalized spacial score (nSPS) is 34.7. The Labute approximate surface area is 250 Å². The Balaban J connectivity index is 1.52. The Morgan fingerprint density at radius 3 is 1.82 bits per heavy atom. The summed E-state index contributed by atoms with van der Waals surface area (Å²) >= 11 is 0. The van der Waals surface area contributed by atoms with Gasteiger partial charge in [0, 0.05) is 17.8 Å². The van der Waals surface area contributed by atoms with Gasteiger partial charge in [-0.05, 0) is 24.3 Å². The van der Waals surface area contributed by atoms with Gasteiger partial charge in [-0.25, -0.2) is 14.4 Å². The minimum atomic E-state index is -1.83. The fourth-order valence-electron chi connectivity index (χ4n) is 5.90. The molecule has 1 aliphatic carbocycles. The number of aliphatic hydroxyl groups is 5. The van der Waals surface area contributed by atoms with Crippen molar-refractivity contribution in [3.05, 3.63) is 83.6 Å². The van der Waals surface area contributed by atoms with Gasteiger partial charge in [-0.3, -0.25) is 0 Å². The van der Waals surface area contributed by atoms with E-state index in [0.717, 1.165) is 6.26 Å². The molecule has 6 N–H and O–H groups in total. The van der Waals surface area contributed by atoms with Crippen LogP contribution in [0.5, 0.6) is 0 Å². The molecule has 0 radical (unpaired) electrons. The highest BCUT2D eigenvalue weighted by atomic mass is 16.8. The maximum Gasteiger partial charge on any atom is 0.338 e. The largest absolute Gasteiger partial charge is 0.478 e. The summed E-state index contributed by atoms with van der Waals surface area (Å²) in [5.74, 6) is -6.71. The van der Waals surface area contributed by atoms with Crippen LogP contribution in [0.15, 0.2) is 72.5 Å². The third-order valence-corrected chi connectivity index (χ3v) is 8.09. The molecule has 14 heteroatoms. The zero-order valence-electron chi connectivity index (χ0n) is 23.1. The second kappa shape index (κ2) is 13.4. The number of carboxylic acid groups (broad SMARTS) is 1. The van der Waals surface area contributed by atoms with Crippen molar-refractivity contribution >= 4 is 17.9 Å². The van der Waals surface area contributed by atoms with Gasteiger partial charge < -0.3 is 54.3 Å². The van der Waals surface area contributed by atoms with Gasteiger partial charge in [-0.1, -0.05) is 36.4 Å². The average Bonchev–Trinajstić information content (AvgIpc) is 3.34. The van der Waals surface area contributed by atoms with E-state index in [4.69, 9.17) is 23.7 Å². The van der Waals surface area contributed by atoms with E-state index in [2.05, 4.69) is 0 Å². The number of ether oxygens (including phenoxy) is 5. The standard InChI is InChI=1S/C30H32O14/c31-11-16-20-19(17(26(36)37)13-40-29(20)44-30-23(35)22(34)21(33)18(12-32)41-30)25(43-28(39)15-9-5-2-6-10-15)24(16)42-27(38)14-7-3-1-4-8-14/h1-10,13,16,18-25,29-35H,11-12H2,(H,36,37). The highest BCUT2D eigenvalue weighted by Gasteiger charge is 2.62. The third kappa shape index (κ3) is 6.05. The van der Waals surface area contributed by atoms with Crippen LogP contribution < -0.4 is 0 Å². The SMILES string of the molecule is O=C(O)C1=COC(OC2OC(CO)C(O)C(O)C2O)C2C(CO)C(OC(=O)c3ccccc3)C(OC(=O)c3ccccc3)C12. The van der Waals surface area contributed by atoms with Gasteiger partial charge in [-0.15, -0.1) is 0 Å². The molecule has 0 aromatic heterocycles. The molecule has 0 bridgehead atoms. The first-order valence-corrected chi connectivity index (χ1v) is 13.8. The molecule has 2 aromatic carbocycles. The maximum absolute atomic E-state index is 13.2. The predicted octanol–water partition coefficient (Wildman–Crippen LogP) is -0.567. The Kier molecular flexibility index (Phi) is 9.60. The molecule has 2 aromatic rings. The number of aliphatic hydroxyl groups excluding tert-OH is 5. The van der Waals surface area contributed by atoms with Crippen LogP contribution in [0, 0.1) is 17.8 Å². The van der Waals surface area contributed by atoms with Crippen molar-refractivity contribution < 1.29 is 68.7 Å². The van der Waals surface area contributed by atoms with Crippen molar-refractivity contribution in [2.45, 2.75) is 49.2 Å². The molecule has 11 unspecified atom stereocenters. The molecule has 0 amide bonds. The average molecular weight is 617 g/mol. The number of carbonyl (C=O) groups is 3. The molecule has 11 atom stereocenters. The van der Waals surface area contributed by atoms with E-state index in [-0.39, 0.29) is 16.7 Å². The van der Waals surface area contributed by atoms with E-state index >= 15 is 0 Å². The number of carboxylic acids is 1. The summed E-state index contributed by atoms with van der Waals surface area (Å²) in [5, 5.41) is 61.2. The highest BCUT2D eigenvalue weighted by Crippen LogP contribution is 2.50. The molecule has 44 heavy (non-hydrogen) atoms. The number of esters is 2. The number of carbonyl (C=O) groups excluding carboxylic acids is 2. The lowest BCUT2D eigenvalue weighted by Gasteiger charge is -2.43. The molecule has 2 aliphatic heterocycles. The van der Waals surface area contributed by atoms with Crippen molar-refractivity contribution in [1.29, 1.82) is 0 Å². The van der Waals surface area contributed by atoms with Gasteiger partial charge in [0.15, 0.2) is 6.29 Å². The lowest BCUT2D eigenvalue weighted by Crippen LogP contribution is -2.60. The first kappa shape index (κ1) is 31.5. The van der Waals surface area contributed by atoms with Crippen LogP contribution in [0.25, 0.3) is 0 Å². The number of benzene rings is 2. The zero-order valence-corrected chi connectivity index (χ0v) is 23.1. The summed E-state index contributed by atoms with van der Waals surface area (Å²) in [4.78, 5) is 38.8. The molecule has 1 saturated heterocycles. The smallest absolute Gasteiger partial charge is 0.338 e. The third-order valence-electron chi connectivity index (χ3n) is 8.09. The quantitative estimate of drug-likeness (QED) is 0.195. The predicted molar refractivity (Wildman–Crippen MR) is 144 cm³/mol. The second-order valence-electron chi connectivity index (χ2n) is 10.6. The number of rotatable bonds is 9. The van der Waals surface area contributed by atoms with Gasteiger partial charge in [0.25, 0.3) is 0 Å². The summed E-state index contributed by atoms with van der Waals surface area (Å²) in [6.07, 6.45) is -11.8. The lowest BCUT2D eigenvalue weighted by molar-refractivity contribution is -0.343. The molecule has 1 saturated carbocycles. The van der Waals surface area contributed by atoms with Crippen LogP contribution in [0.1, 0.15) is 20.7 Å². The maximum atomic E-state index is 13.2. The van der Waals surface area contributed by atoms with Gasteiger partial charge >= 0.3 is 17.9 Å². The van der Waals surface area contributed by atoms with Crippen LogP contribution in [0.2, 0.25) is 0 Å². The molecule has 2 fully saturated rings. The van der Waals surface area contributed by atoms with E-state index in [0.29, 0.717) is 0 Å². The molecule has 236 valence electrons. The number of aliphatic carboxylic acids is 1. The van der Waals surface area contributed by atoms with E-state index in [1.807, 2.05) is 0 Å². The summed E-state index contributed by atoms with van der Waals surface area (Å²) in [6.45, 7) is -1.45.